The van der Waals surface area contributed by atoms with Crippen molar-refractivity contribution in [1.29, 1.82) is 0 Å². The molecular formula is C13H11N3O2. The van der Waals surface area contributed by atoms with Gasteiger partial charge in [-0.1, -0.05) is 17.3 Å². The van der Waals surface area contributed by atoms with Crippen molar-refractivity contribution in [2.45, 2.75) is 13.5 Å². The highest BCUT2D eigenvalue weighted by Crippen LogP contribution is 2.20. The van der Waals surface area contributed by atoms with Crippen LogP contribution in [0.4, 0.5) is 0 Å². The van der Waals surface area contributed by atoms with Crippen molar-refractivity contribution >= 4 is 17.2 Å². The topological polar surface area (TPSA) is 60.9 Å². The second-order valence-corrected chi connectivity index (χ2v) is 4.08. The van der Waals surface area contributed by atoms with Crippen molar-refractivity contribution in [2.75, 3.05) is 0 Å². The van der Waals surface area contributed by atoms with Crippen LogP contribution in [-0.2, 0) is 6.54 Å². The summed E-state index contributed by atoms with van der Waals surface area (Å²) in [6.07, 6.45) is 2.77. The average molecular weight is 241 g/mol. The van der Waals surface area contributed by atoms with Crippen LogP contribution in [0.1, 0.15) is 22.1 Å². The smallest absolute Gasteiger partial charge is 0.246 e. The predicted molar refractivity (Wildman–Crippen MR) is 65.5 cm³/mol. The number of carbonyl (C=O) groups excluding carboxylic acids is 1. The number of aryl methyl sites for hydroxylation is 1. The van der Waals surface area contributed by atoms with Gasteiger partial charge in [0.1, 0.15) is 6.54 Å². The molecular weight excluding hydrogens is 230 g/mol. The number of hydrogen-bond donors (Lipinski definition) is 0. The summed E-state index contributed by atoms with van der Waals surface area (Å²) >= 11 is 0. The molecule has 0 N–H and O–H groups in total. The van der Waals surface area contributed by atoms with E-state index in [1.807, 2.05) is 29.0 Å². The molecule has 0 bridgehead atoms. The lowest BCUT2D eigenvalue weighted by Crippen LogP contribution is -2.00. The fraction of sp³-hybridized carbons (Fsp3) is 0.154. The first kappa shape index (κ1) is 10.7. The van der Waals surface area contributed by atoms with E-state index in [0.717, 1.165) is 17.2 Å². The van der Waals surface area contributed by atoms with Gasteiger partial charge in [-0.15, -0.1) is 0 Å². The molecule has 0 fully saturated rings. The van der Waals surface area contributed by atoms with E-state index in [2.05, 4.69) is 10.1 Å². The summed E-state index contributed by atoms with van der Waals surface area (Å²) in [5.41, 5.74) is 1.55. The van der Waals surface area contributed by atoms with Crippen LogP contribution in [0.3, 0.4) is 0 Å². The van der Waals surface area contributed by atoms with Crippen LogP contribution >= 0.6 is 0 Å². The molecule has 2 heterocycles. The van der Waals surface area contributed by atoms with Crippen LogP contribution in [-0.4, -0.2) is 21.0 Å². The summed E-state index contributed by atoms with van der Waals surface area (Å²) in [4.78, 5) is 15.2. The minimum absolute atomic E-state index is 0.467. The van der Waals surface area contributed by atoms with Crippen molar-refractivity contribution in [3.05, 3.63) is 47.7 Å². The Labute approximate surface area is 103 Å². The van der Waals surface area contributed by atoms with Crippen LogP contribution < -0.4 is 0 Å². The molecule has 90 valence electrons. The number of para-hydroxylation sites is 1. The molecule has 18 heavy (non-hydrogen) atoms. The quantitative estimate of drug-likeness (QED) is 0.659. The van der Waals surface area contributed by atoms with Crippen molar-refractivity contribution < 1.29 is 9.32 Å². The van der Waals surface area contributed by atoms with E-state index in [1.54, 1.807) is 13.0 Å². The highest BCUT2D eigenvalue weighted by Gasteiger charge is 2.09. The molecule has 5 heteroatoms. The molecule has 0 saturated heterocycles. The molecule has 0 aliphatic rings. The predicted octanol–water partition coefficient (Wildman–Crippen LogP) is 2.19. The molecule has 3 aromatic rings. The molecule has 5 nitrogen and oxygen atoms in total. The van der Waals surface area contributed by atoms with Crippen molar-refractivity contribution in [3.8, 4) is 0 Å². The van der Waals surface area contributed by atoms with E-state index in [-0.39, 0.29) is 0 Å². The highest BCUT2D eigenvalue weighted by atomic mass is 16.5. The Morgan fingerprint density at radius 1 is 1.39 bits per heavy atom. The molecule has 0 saturated carbocycles. The van der Waals surface area contributed by atoms with Crippen LogP contribution in [0.5, 0.6) is 0 Å². The first-order chi connectivity index (χ1) is 8.78. The van der Waals surface area contributed by atoms with Gasteiger partial charge >= 0.3 is 0 Å². The first-order valence-electron chi connectivity index (χ1n) is 5.60. The van der Waals surface area contributed by atoms with Crippen molar-refractivity contribution in [2.24, 2.45) is 0 Å². The van der Waals surface area contributed by atoms with Crippen LogP contribution in [0.25, 0.3) is 10.9 Å². The molecule has 0 aliphatic heterocycles. The zero-order valence-corrected chi connectivity index (χ0v) is 9.83. The highest BCUT2D eigenvalue weighted by molar-refractivity contribution is 5.96. The summed E-state index contributed by atoms with van der Waals surface area (Å²) in [6, 6.07) is 7.60. The summed E-state index contributed by atoms with van der Waals surface area (Å²) in [5, 5.41) is 4.77. The van der Waals surface area contributed by atoms with E-state index < -0.39 is 0 Å². The molecule has 0 spiro atoms. The van der Waals surface area contributed by atoms with Gasteiger partial charge in [0.15, 0.2) is 12.1 Å². The normalized spacial score (nSPS) is 10.9. The number of aromatic nitrogens is 3. The first-order valence-corrected chi connectivity index (χ1v) is 5.60. The Morgan fingerprint density at radius 3 is 3.00 bits per heavy atom. The molecule has 0 radical (unpaired) electrons. The lowest BCUT2D eigenvalue weighted by Gasteiger charge is -2.03. The number of nitrogens with zero attached hydrogens (tertiary/aromatic N) is 3. The third-order valence-corrected chi connectivity index (χ3v) is 2.82. The molecule has 3 rings (SSSR count). The fourth-order valence-corrected chi connectivity index (χ4v) is 2.07. The maximum atomic E-state index is 11.1. The Balaban J connectivity index is 2.09. The monoisotopic (exact) mass is 241 g/mol. The van der Waals surface area contributed by atoms with Gasteiger partial charge in [0.25, 0.3) is 0 Å². The van der Waals surface area contributed by atoms with Gasteiger partial charge in [-0.3, -0.25) is 4.79 Å². The minimum Gasteiger partial charge on any atom is -0.337 e. The van der Waals surface area contributed by atoms with Gasteiger partial charge < -0.3 is 9.09 Å². The summed E-state index contributed by atoms with van der Waals surface area (Å²) in [5.74, 6) is 1.14. The molecule has 0 aliphatic carbocycles. The number of carbonyl (C=O) groups is 1. The fourth-order valence-electron chi connectivity index (χ4n) is 2.07. The summed E-state index contributed by atoms with van der Waals surface area (Å²) in [7, 11) is 0. The molecule has 2 aromatic heterocycles. The van der Waals surface area contributed by atoms with Crippen molar-refractivity contribution in [1.82, 2.24) is 14.7 Å². The maximum absolute atomic E-state index is 11.1. The van der Waals surface area contributed by atoms with E-state index in [9.17, 15) is 4.79 Å². The zero-order chi connectivity index (χ0) is 12.5. The Morgan fingerprint density at radius 2 is 2.28 bits per heavy atom. The van der Waals surface area contributed by atoms with Crippen LogP contribution in [0.2, 0.25) is 0 Å². The van der Waals surface area contributed by atoms with Gasteiger partial charge in [-0.05, 0) is 19.1 Å². The number of benzene rings is 1. The van der Waals surface area contributed by atoms with Crippen molar-refractivity contribution in [3.63, 3.8) is 0 Å². The van der Waals surface area contributed by atoms with E-state index in [0.29, 0.717) is 23.8 Å². The average Bonchev–Trinajstić information content (AvgIpc) is 2.97. The van der Waals surface area contributed by atoms with E-state index in [1.165, 1.54) is 0 Å². The largest absolute Gasteiger partial charge is 0.337 e. The molecule has 0 amide bonds. The summed E-state index contributed by atoms with van der Waals surface area (Å²) in [6.45, 7) is 2.24. The number of hydrogen-bond acceptors (Lipinski definition) is 4. The third kappa shape index (κ3) is 1.69. The standard InChI is InChI=1S/C13H11N3O2/c1-9-14-12(18-15-9)7-16-6-5-10-3-2-4-11(8-17)13(10)16/h2-6,8H,7H2,1H3. The number of rotatable bonds is 3. The van der Waals surface area contributed by atoms with Gasteiger partial charge in [0.2, 0.25) is 5.89 Å². The molecule has 1 aromatic carbocycles. The number of aldehydes is 1. The Bertz CT molecular complexity index is 712. The van der Waals surface area contributed by atoms with E-state index >= 15 is 0 Å². The SMILES string of the molecule is Cc1noc(Cn2ccc3cccc(C=O)c32)n1. The number of fused-ring (bicyclic) bond motifs is 1. The molecule has 0 unspecified atom stereocenters. The van der Waals surface area contributed by atoms with Gasteiger partial charge in [-0.25, -0.2) is 0 Å². The van der Waals surface area contributed by atoms with Crippen LogP contribution in [0, 0.1) is 6.92 Å². The van der Waals surface area contributed by atoms with Crippen LogP contribution in [0.15, 0.2) is 35.0 Å². The molecule has 0 atom stereocenters. The Hall–Kier alpha value is -2.43. The maximum Gasteiger partial charge on any atom is 0.246 e. The second-order valence-electron chi connectivity index (χ2n) is 4.08. The lowest BCUT2D eigenvalue weighted by atomic mass is 10.1. The third-order valence-electron chi connectivity index (χ3n) is 2.82. The van der Waals surface area contributed by atoms with E-state index in [4.69, 9.17) is 4.52 Å². The lowest BCUT2D eigenvalue weighted by molar-refractivity contribution is 0.112. The minimum atomic E-state index is 0.467. The zero-order valence-electron chi connectivity index (χ0n) is 9.83. The Kier molecular flexibility index (Phi) is 2.44. The van der Waals surface area contributed by atoms with Gasteiger partial charge in [0, 0.05) is 17.1 Å². The second kappa shape index (κ2) is 4.10. The van der Waals surface area contributed by atoms with Gasteiger partial charge in [0.05, 0.1) is 5.52 Å². The summed E-state index contributed by atoms with van der Waals surface area (Å²) < 4.78 is 7.03. The van der Waals surface area contributed by atoms with Gasteiger partial charge in [-0.2, -0.15) is 4.98 Å².